The lowest BCUT2D eigenvalue weighted by atomic mass is 10.1. The maximum Gasteiger partial charge on any atom is 0.254 e. The van der Waals surface area contributed by atoms with E-state index in [2.05, 4.69) is 5.32 Å². The van der Waals surface area contributed by atoms with Crippen LogP contribution in [0.2, 0.25) is 0 Å². The molecule has 2 aromatic carbocycles. The molecule has 2 aliphatic rings. The second-order valence-corrected chi connectivity index (χ2v) is 7.97. The molecule has 8 nitrogen and oxygen atoms in total. The molecule has 0 bridgehead atoms. The van der Waals surface area contributed by atoms with E-state index in [9.17, 15) is 9.59 Å². The Balaban J connectivity index is 1.55. The molecule has 32 heavy (non-hydrogen) atoms. The zero-order chi connectivity index (χ0) is 22.5. The Labute approximate surface area is 187 Å². The summed E-state index contributed by atoms with van der Waals surface area (Å²) in [6.07, 6.45) is 4.21. The predicted molar refractivity (Wildman–Crippen MR) is 117 cm³/mol. The lowest BCUT2D eigenvalue weighted by Crippen LogP contribution is -2.43. The van der Waals surface area contributed by atoms with E-state index in [4.69, 9.17) is 18.9 Å². The molecule has 1 saturated carbocycles. The lowest BCUT2D eigenvalue weighted by Gasteiger charge is -2.24. The predicted octanol–water partition coefficient (Wildman–Crippen LogP) is 3.13. The molecule has 1 aliphatic heterocycles. The lowest BCUT2D eigenvalue weighted by molar-refractivity contribution is -0.122. The molecule has 1 fully saturated rings. The summed E-state index contributed by atoms with van der Waals surface area (Å²) in [6, 6.07) is 10.7. The molecule has 0 saturated heterocycles. The van der Waals surface area contributed by atoms with Gasteiger partial charge in [0.25, 0.3) is 5.91 Å². The van der Waals surface area contributed by atoms with Crippen molar-refractivity contribution in [3.63, 3.8) is 0 Å². The van der Waals surface area contributed by atoms with Gasteiger partial charge in [-0.15, -0.1) is 0 Å². The van der Waals surface area contributed by atoms with Crippen LogP contribution in [0.3, 0.4) is 0 Å². The fourth-order valence-corrected chi connectivity index (χ4v) is 4.13. The molecule has 2 amide bonds. The van der Waals surface area contributed by atoms with Crippen molar-refractivity contribution in [3.05, 3.63) is 47.5 Å². The number of amides is 2. The Morgan fingerprint density at radius 2 is 1.75 bits per heavy atom. The molecule has 1 N–H and O–H groups in total. The van der Waals surface area contributed by atoms with E-state index in [1.807, 2.05) is 18.2 Å². The molecule has 1 heterocycles. The second kappa shape index (κ2) is 9.80. The van der Waals surface area contributed by atoms with Gasteiger partial charge in [0.1, 0.15) is 6.54 Å². The summed E-state index contributed by atoms with van der Waals surface area (Å²) in [5.41, 5.74) is 1.26. The van der Waals surface area contributed by atoms with Gasteiger partial charge in [-0.1, -0.05) is 18.9 Å². The van der Waals surface area contributed by atoms with Crippen LogP contribution in [-0.2, 0) is 11.3 Å². The maximum atomic E-state index is 13.4. The first-order chi connectivity index (χ1) is 15.6. The summed E-state index contributed by atoms with van der Waals surface area (Å²) in [4.78, 5) is 27.7. The molecule has 0 aromatic heterocycles. The Bertz CT molecular complexity index is 986. The number of benzene rings is 2. The van der Waals surface area contributed by atoms with Crippen molar-refractivity contribution in [1.82, 2.24) is 10.2 Å². The van der Waals surface area contributed by atoms with Crippen molar-refractivity contribution in [1.29, 1.82) is 0 Å². The van der Waals surface area contributed by atoms with Crippen LogP contribution in [0.5, 0.6) is 23.0 Å². The molecular weight excluding hydrogens is 412 g/mol. The Morgan fingerprint density at radius 3 is 2.50 bits per heavy atom. The number of hydrogen-bond acceptors (Lipinski definition) is 6. The summed E-state index contributed by atoms with van der Waals surface area (Å²) in [5, 5.41) is 3.06. The number of rotatable bonds is 8. The highest BCUT2D eigenvalue weighted by molar-refractivity contribution is 5.97. The number of nitrogens with zero attached hydrogens (tertiary/aromatic N) is 1. The molecule has 8 heteroatoms. The quantitative estimate of drug-likeness (QED) is 0.679. The third-order valence-electron chi connectivity index (χ3n) is 5.78. The van der Waals surface area contributed by atoms with E-state index in [1.165, 1.54) is 12.0 Å². The first kappa shape index (κ1) is 21.8. The first-order valence-electron chi connectivity index (χ1n) is 10.8. The third kappa shape index (κ3) is 4.90. The normalized spacial score (nSPS) is 14.8. The average molecular weight is 440 g/mol. The Kier molecular flexibility index (Phi) is 6.68. The fraction of sp³-hybridized carbons (Fsp3) is 0.417. The number of carbonyl (C=O) groups excluding carboxylic acids is 2. The Morgan fingerprint density at radius 1 is 1.00 bits per heavy atom. The van der Waals surface area contributed by atoms with Crippen molar-refractivity contribution in [2.75, 3.05) is 27.6 Å². The SMILES string of the molecule is COc1ccc(C(=O)N(CC(=O)NC2CCCC2)Cc2ccc3c(c2)OCO3)cc1OC. The highest BCUT2D eigenvalue weighted by Gasteiger charge is 2.24. The van der Waals surface area contributed by atoms with E-state index in [1.54, 1.807) is 25.3 Å². The Hall–Kier alpha value is -3.42. The third-order valence-corrected chi connectivity index (χ3v) is 5.78. The van der Waals surface area contributed by atoms with Gasteiger partial charge in [0.05, 0.1) is 14.2 Å². The van der Waals surface area contributed by atoms with Gasteiger partial charge in [-0.05, 0) is 48.7 Å². The number of carbonyl (C=O) groups is 2. The van der Waals surface area contributed by atoms with Crippen LogP contribution >= 0.6 is 0 Å². The van der Waals surface area contributed by atoms with E-state index < -0.39 is 0 Å². The highest BCUT2D eigenvalue weighted by atomic mass is 16.7. The minimum Gasteiger partial charge on any atom is -0.493 e. The molecule has 0 atom stereocenters. The van der Waals surface area contributed by atoms with Crippen LogP contribution in [0.25, 0.3) is 0 Å². The number of methoxy groups -OCH3 is 2. The number of fused-ring (bicyclic) bond motifs is 1. The standard InChI is InChI=1S/C24H28N2O6/c1-29-19-10-8-17(12-21(19)30-2)24(28)26(14-23(27)25-18-5-3-4-6-18)13-16-7-9-20-22(11-16)32-15-31-20/h7-12,18H,3-6,13-15H2,1-2H3,(H,25,27). The zero-order valence-electron chi connectivity index (χ0n) is 18.4. The highest BCUT2D eigenvalue weighted by Crippen LogP contribution is 2.33. The molecule has 2 aromatic rings. The van der Waals surface area contributed by atoms with Gasteiger partial charge >= 0.3 is 0 Å². The zero-order valence-corrected chi connectivity index (χ0v) is 18.4. The number of ether oxygens (including phenoxy) is 4. The monoisotopic (exact) mass is 440 g/mol. The van der Waals surface area contributed by atoms with Gasteiger partial charge in [0.2, 0.25) is 12.7 Å². The summed E-state index contributed by atoms with van der Waals surface area (Å²) in [5.74, 6) is 1.86. The van der Waals surface area contributed by atoms with Gasteiger partial charge < -0.3 is 29.2 Å². The van der Waals surface area contributed by atoms with Gasteiger partial charge in [-0.25, -0.2) is 0 Å². The summed E-state index contributed by atoms with van der Waals surface area (Å²) < 4.78 is 21.4. The first-order valence-corrected chi connectivity index (χ1v) is 10.8. The molecule has 1 aliphatic carbocycles. The largest absolute Gasteiger partial charge is 0.493 e. The molecule has 4 rings (SSSR count). The van der Waals surface area contributed by atoms with Crippen LogP contribution in [0.4, 0.5) is 0 Å². The van der Waals surface area contributed by atoms with Gasteiger partial charge in [0, 0.05) is 18.2 Å². The second-order valence-electron chi connectivity index (χ2n) is 7.97. The minimum atomic E-state index is -0.273. The maximum absolute atomic E-state index is 13.4. The van der Waals surface area contributed by atoms with Crippen molar-refractivity contribution in [3.8, 4) is 23.0 Å². The van der Waals surface area contributed by atoms with Crippen LogP contribution in [-0.4, -0.2) is 50.3 Å². The topological polar surface area (TPSA) is 86.3 Å². The smallest absolute Gasteiger partial charge is 0.254 e. The molecule has 0 spiro atoms. The minimum absolute atomic E-state index is 0.0435. The van der Waals surface area contributed by atoms with E-state index >= 15 is 0 Å². The number of nitrogens with one attached hydrogen (secondary N) is 1. The fourth-order valence-electron chi connectivity index (χ4n) is 4.13. The van der Waals surface area contributed by atoms with E-state index in [0.29, 0.717) is 28.6 Å². The van der Waals surface area contributed by atoms with Gasteiger partial charge in [-0.3, -0.25) is 9.59 Å². The van der Waals surface area contributed by atoms with Gasteiger partial charge in [0.15, 0.2) is 23.0 Å². The van der Waals surface area contributed by atoms with Crippen molar-refractivity contribution < 1.29 is 28.5 Å². The molecule has 0 unspecified atom stereocenters. The van der Waals surface area contributed by atoms with Crippen LogP contribution in [0, 0.1) is 0 Å². The van der Waals surface area contributed by atoms with Crippen LogP contribution in [0.1, 0.15) is 41.6 Å². The molecule has 0 radical (unpaired) electrons. The van der Waals surface area contributed by atoms with Crippen LogP contribution in [0.15, 0.2) is 36.4 Å². The van der Waals surface area contributed by atoms with Crippen LogP contribution < -0.4 is 24.3 Å². The van der Waals surface area contributed by atoms with Crippen molar-refractivity contribution in [2.45, 2.75) is 38.3 Å². The number of hydrogen-bond donors (Lipinski definition) is 1. The van der Waals surface area contributed by atoms with E-state index in [-0.39, 0.29) is 37.7 Å². The van der Waals surface area contributed by atoms with Crippen molar-refractivity contribution in [2.24, 2.45) is 0 Å². The van der Waals surface area contributed by atoms with E-state index in [0.717, 1.165) is 31.2 Å². The molecular formula is C24H28N2O6. The molecule has 170 valence electrons. The summed E-state index contributed by atoms with van der Waals surface area (Å²) >= 11 is 0. The van der Waals surface area contributed by atoms with Crippen molar-refractivity contribution >= 4 is 11.8 Å². The summed E-state index contributed by atoms with van der Waals surface area (Å²) in [6.45, 7) is 0.386. The van der Waals surface area contributed by atoms with Gasteiger partial charge in [-0.2, -0.15) is 0 Å². The average Bonchev–Trinajstić information content (AvgIpc) is 3.49. The summed E-state index contributed by atoms with van der Waals surface area (Å²) in [7, 11) is 3.06.